The lowest BCUT2D eigenvalue weighted by Gasteiger charge is -2.11. The van der Waals surface area contributed by atoms with Gasteiger partial charge in [0.05, 0.1) is 22.7 Å². The van der Waals surface area contributed by atoms with E-state index < -0.39 is 11.7 Å². The fourth-order valence-corrected chi connectivity index (χ4v) is 2.54. The molecular weight excluding hydrogens is 309 g/mol. The van der Waals surface area contributed by atoms with E-state index in [4.69, 9.17) is 4.42 Å². The lowest BCUT2D eigenvalue weighted by Crippen LogP contribution is -2.08. The summed E-state index contributed by atoms with van der Waals surface area (Å²) < 4.78 is 46.5. The molecular formula is C15H9F3N4O. The highest BCUT2D eigenvalue weighted by atomic mass is 19.4. The van der Waals surface area contributed by atoms with Gasteiger partial charge in [-0.15, -0.1) is 5.10 Å². The fourth-order valence-electron chi connectivity index (χ4n) is 2.54. The van der Waals surface area contributed by atoms with Crippen LogP contribution in [-0.4, -0.2) is 19.6 Å². The van der Waals surface area contributed by atoms with Crippen molar-refractivity contribution in [2.45, 2.75) is 13.1 Å². The number of furan rings is 1. The van der Waals surface area contributed by atoms with Crippen molar-refractivity contribution in [3.63, 3.8) is 0 Å². The number of aromatic nitrogens is 4. The van der Waals surface area contributed by atoms with Crippen molar-refractivity contribution in [1.82, 2.24) is 19.6 Å². The molecule has 0 amide bonds. The van der Waals surface area contributed by atoms with E-state index in [1.165, 1.54) is 22.9 Å². The van der Waals surface area contributed by atoms with Crippen LogP contribution in [0.5, 0.6) is 0 Å². The molecule has 0 aliphatic carbocycles. The number of hydrogen-bond donors (Lipinski definition) is 0. The molecule has 0 aliphatic rings. The Morgan fingerprint density at radius 2 is 1.91 bits per heavy atom. The van der Waals surface area contributed by atoms with Crippen LogP contribution in [0, 0.1) is 6.92 Å². The van der Waals surface area contributed by atoms with E-state index in [-0.39, 0.29) is 22.4 Å². The van der Waals surface area contributed by atoms with Crippen LogP contribution in [0.25, 0.3) is 28.1 Å². The van der Waals surface area contributed by atoms with Gasteiger partial charge in [0.1, 0.15) is 5.82 Å². The summed E-state index contributed by atoms with van der Waals surface area (Å²) in [4.78, 5) is 8.44. The zero-order valence-corrected chi connectivity index (χ0v) is 11.8. The van der Waals surface area contributed by atoms with E-state index in [9.17, 15) is 13.2 Å². The lowest BCUT2D eigenvalue weighted by atomic mass is 10.1. The first-order valence-electron chi connectivity index (χ1n) is 6.72. The Balaban J connectivity index is 2.14. The van der Waals surface area contributed by atoms with Crippen LogP contribution in [0.1, 0.15) is 11.4 Å². The van der Waals surface area contributed by atoms with Gasteiger partial charge in [0.15, 0.2) is 11.4 Å². The van der Waals surface area contributed by atoms with Crippen molar-refractivity contribution in [2.24, 2.45) is 0 Å². The highest BCUT2D eigenvalue weighted by Gasteiger charge is 2.34. The Hall–Kier alpha value is -2.90. The van der Waals surface area contributed by atoms with Gasteiger partial charge in [0.2, 0.25) is 5.82 Å². The third-order valence-corrected chi connectivity index (χ3v) is 3.51. The molecule has 1 aromatic carbocycles. The monoisotopic (exact) mass is 318 g/mol. The number of nitrogens with zero attached hydrogens (tertiary/aromatic N) is 4. The third kappa shape index (κ3) is 2.06. The highest BCUT2D eigenvalue weighted by Crippen LogP contribution is 2.36. The summed E-state index contributed by atoms with van der Waals surface area (Å²) in [5.74, 6) is 1.03. The van der Waals surface area contributed by atoms with Crippen LogP contribution >= 0.6 is 0 Å². The Morgan fingerprint density at radius 3 is 2.61 bits per heavy atom. The molecule has 0 fully saturated rings. The van der Waals surface area contributed by atoms with E-state index in [0.717, 1.165) is 6.07 Å². The predicted octanol–water partition coefficient (Wildman–Crippen LogP) is 3.86. The van der Waals surface area contributed by atoms with Gasteiger partial charge < -0.3 is 4.42 Å². The molecule has 3 heterocycles. The van der Waals surface area contributed by atoms with Crippen molar-refractivity contribution in [2.75, 3.05) is 0 Å². The Morgan fingerprint density at radius 1 is 1.09 bits per heavy atom. The molecule has 0 bridgehead atoms. The zero-order valence-electron chi connectivity index (χ0n) is 11.8. The van der Waals surface area contributed by atoms with Gasteiger partial charge in [-0.1, -0.05) is 6.07 Å². The molecule has 4 rings (SSSR count). The standard InChI is InChI=1S/C15H9F3N4O/c1-8-19-10-5-2-4-9(15(16,17)18)12(10)14-20-13(21-22(8)14)11-6-3-7-23-11/h2-7H,1H3. The first kappa shape index (κ1) is 13.7. The maximum atomic E-state index is 13.3. The molecule has 3 aromatic heterocycles. The molecule has 5 nitrogen and oxygen atoms in total. The highest BCUT2D eigenvalue weighted by molar-refractivity contribution is 5.95. The molecule has 0 spiro atoms. The average Bonchev–Trinajstić information content (AvgIpc) is 3.15. The molecule has 0 N–H and O–H groups in total. The second kappa shape index (κ2) is 4.55. The van der Waals surface area contributed by atoms with Crippen molar-refractivity contribution in [1.29, 1.82) is 0 Å². The minimum absolute atomic E-state index is 0.0732. The number of alkyl halides is 3. The topological polar surface area (TPSA) is 56.2 Å². The van der Waals surface area contributed by atoms with Crippen molar-refractivity contribution in [3.8, 4) is 11.6 Å². The van der Waals surface area contributed by atoms with Crippen LogP contribution in [0.4, 0.5) is 13.2 Å². The smallest absolute Gasteiger partial charge is 0.417 e. The van der Waals surface area contributed by atoms with Crippen LogP contribution in [-0.2, 0) is 6.18 Å². The second-order valence-corrected chi connectivity index (χ2v) is 5.00. The van der Waals surface area contributed by atoms with Gasteiger partial charge in [-0.25, -0.2) is 9.97 Å². The lowest BCUT2D eigenvalue weighted by molar-refractivity contribution is -0.136. The fraction of sp³-hybridized carbons (Fsp3) is 0.133. The second-order valence-electron chi connectivity index (χ2n) is 5.00. The minimum atomic E-state index is -4.51. The van der Waals surface area contributed by atoms with Gasteiger partial charge in [0, 0.05) is 0 Å². The van der Waals surface area contributed by atoms with Crippen molar-refractivity contribution < 1.29 is 17.6 Å². The summed E-state index contributed by atoms with van der Waals surface area (Å²) in [5.41, 5.74) is -0.457. The first-order valence-corrected chi connectivity index (χ1v) is 6.72. The van der Waals surface area contributed by atoms with Crippen LogP contribution in [0.15, 0.2) is 41.0 Å². The summed E-state index contributed by atoms with van der Waals surface area (Å²) in [6, 6.07) is 7.17. The van der Waals surface area contributed by atoms with Crippen molar-refractivity contribution in [3.05, 3.63) is 48.0 Å². The average molecular weight is 318 g/mol. The normalized spacial score (nSPS) is 12.3. The number of halogens is 3. The maximum Gasteiger partial charge on any atom is 0.417 e. The van der Waals surface area contributed by atoms with Gasteiger partial charge in [0.25, 0.3) is 0 Å². The number of hydrogen-bond acceptors (Lipinski definition) is 4. The zero-order chi connectivity index (χ0) is 16.2. The summed E-state index contributed by atoms with van der Waals surface area (Å²) in [7, 11) is 0. The van der Waals surface area contributed by atoms with E-state index in [1.54, 1.807) is 19.1 Å². The van der Waals surface area contributed by atoms with Gasteiger partial charge in [-0.2, -0.15) is 17.7 Å². The molecule has 0 saturated carbocycles. The van der Waals surface area contributed by atoms with Crippen LogP contribution < -0.4 is 0 Å². The number of fused-ring (bicyclic) bond motifs is 3. The number of rotatable bonds is 1. The van der Waals surface area contributed by atoms with Gasteiger partial charge in [-0.05, 0) is 31.2 Å². The number of aryl methyl sites for hydroxylation is 1. The Kier molecular flexibility index (Phi) is 2.72. The molecule has 8 heteroatoms. The van der Waals surface area contributed by atoms with Crippen LogP contribution in [0.2, 0.25) is 0 Å². The Bertz CT molecular complexity index is 1020. The molecule has 0 unspecified atom stereocenters. The first-order chi connectivity index (χ1) is 10.9. The molecule has 0 atom stereocenters. The molecule has 23 heavy (non-hydrogen) atoms. The number of benzene rings is 1. The molecule has 0 saturated heterocycles. The Labute approximate surface area is 127 Å². The van der Waals surface area contributed by atoms with Gasteiger partial charge >= 0.3 is 6.18 Å². The van der Waals surface area contributed by atoms with Crippen molar-refractivity contribution >= 4 is 16.6 Å². The third-order valence-electron chi connectivity index (χ3n) is 3.51. The summed E-state index contributed by atoms with van der Waals surface area (Å²) in [6.07, 6.45) is -3.06. The maximum absolute atomic E-state index is 13.3. The quantitative estimate of drug-likeness (QED) is 0.535. The SMILES string of the molecule is Cc1nc2cccc(C(F)(F)F)c2c2nc(-c3ccco3)nn12. The molecule has 0 aliphatic heterocycles. The molecule has 4 aromatic rings. The minimum Gasteiger partial charge on any atom is -0.461 e. The predicted molar refractivity (Wildman–Crippen MR) is 75.7 cm³/mol. The van der Waals surface area contributed by atoms with E-state index >= 15 is 0 Å². The van der Waals surface area contributed by atoms with E-state index in [1.807, 2.05) is 0 Å². The molecule has 0 radical (unpaired) electrons. The van der Waals surface area contributed by atoms with Gasteiger partial charge in [-0.3, -0.25) is 0 Å². The van der Waals surface area contributed by atoms with E-state index in [0.29, 0.717) is 11.6 Å². The largest absolute Gasteiger partial charge is 0.461 e. The summed E-state index contributed by atoms with van der Waals surface area (Å²) in [5, 5.41) is 4.14. The summed E-state index contributed by atoms with van der Waals surface area (Å²) in [6.45, 7) is 1.66. The van der Waals surface area contributed by atoms with Crippen LogP contribution in [0.3, 0.4) is 0 Å². The van der Waals surface area contributed by atoms with E-state index in [2.05, 4.69) is 15.1 Å². The summed E-state index contributed by atoms with van der Waals surface area (Å²) >= 11 is 0. The molecule has 116 valence electrons.